The van der Waals surface area contributed by atoms with Crippen LogP contribution in [0, 0.1) is 22.0 Å². The van der Waals surface area contributed by atoms with E-state index in [-0.39, 0.29) is 5.69 Å². The molecule has 2 rings (SSSR count). The van der Waals surface area contributed by atoms with E-state index in [0.29, 0.717) is 17.7 Å². The minimum atomic E-state index is -0.453. The van der Waals surface area contributed by atoms with E-state index in [2.05, 4.69) is 27.5 Å². The smallest absolute Gasteiger partial charge is 0.329 e. The van der Waals surface area contributed by atoms with Crippen LogP contribution in [0.4, 0.5) is 17.5 Å². The van der Waals surface area contributed by atoms with E-state index < -0.39 is 4.92 Å². The number of rotatable bonds is 5. The van der Waals surface area contributed by atoms with Gasteiger partial charge in [0.05, 0.1) is 4.92 Å². The van der Waals surface area contributed by atoms with E-state index in [4.69, 9.17) is 0 Å². The van der Waals surface area contributed by atoms with Gasteiger partial charge in [-0.2, -0.15) is 4.98 Å². The highest BCUT2D eigenvalue weighted by Gasteiger charge is 2.21. The van der Waals surface area contributed by atoms with Crippen molar-refractivity contribution in [2.24, 2.45) is 11.8 Å². The van der Waals surface area contributed by atoms with Gasteiger partial charge >= 0.3 is 5.69 Å². The maximum Gasteiger partial charge on any atom is 0.329 e. The molecule has 7 nitrogen and oxygen atoms in total. The molecule has 1 heterocycles. The molecule has 0 bridgehead atoms. The number of nitrogens with zero attached hydrogens (tertiary/aromatic N) is 3. The van der Waals surface area contributed by atoms with Crippen LogP contribution in [0.15, 0.2) is 6.20 Å². The second-order valence-electron chi connectivity index (χ2n) is 5.45. The predicted octanol–water partition coefficient (Wildman–Crippen LogP) is 2.66. The third kappa shape index (κ3) is 3.55. The molecule has 2 N–H and O–H groups in total. The fourth-order valence-corrected chi connectivity index (χ4v) is 2.75. The highest BCUT2D eigenvalue weighted by Crippen LogP contribution is 2.29. The van der Waals surface area contributed by atoms with Gasteiger partial charge in [0.1, 0.15) is 6.20 Å². The highest BCUT2D eigenvalue weighted by molar-refractivity contribution is 5.56. The van der Waals surface area contributed by atoms with E-state index in [9.17, 15) is 10.1 Å². The van der Waals surface area contributed by atoms with Crippen molar-refractivity contribution in [2.75, 3.05) is 24.2 Å². The largest absolute Gasteiger partial charge is 0.364 e. The average Bonchev–Trinajstić information content (AvgIpc) is 2.44. The quantitative estimate of drug-likeness (QED) is 0.635. The Morgan fingerprint density at radius 2 is 2.30 bits per heavy atom. The molecule has 1 aromatic rings. The summed E-state index contributed by atoms with van der Waals surface area (Å²) in [5, 5.41) is 16.9. The first kappa shape index (κ1) is 14.5. The molecule has 20 heavy (non-hydrogen) atoms. The average molecular weight is 279 g/mol. The topological polar surface area (TPSA) is 93.0 Å². The van der Waals surface area contributed by atoms with Crippen LogP contribution in [0.3, 0.4) is 0 Å². The molecule has 0 amide bonds. The number of anilines is 2. The molecule has 2 unspecified atom stereocenters. The Morgan fingerprint density at radius 3 is 2.95 bits per heavy atom. The minimum Gasteiger partial charge on any atom is -0.364 e. The molecule has 7 heteroatoms. The zero-order valence-electron chi connectivity index (χ0n) is 11.9. The Labute approximate surface area is 118 Å². The number of nitrogens with one attached hydrogen (secondary N) is 2. The normalized spacial score (nSPS) is 22.3. The van der Waals surface area contributed by atoms with E-state index >= 15 is 0 Å². The van der Waals surface area contributed by atoms with Crippen molar-refractivity contribution in [1.82, 2.24) is 9.97 Å². The molecule has 110 valence electrons. The third-order valence-electron chi connectivity index (χ3n) is 3.79. The fraction of sp³-hybridized carbons (Fsp3) is 0.692. The molecule has 1 aliphatic rings. The highest BCUT2D eigenvalue weighted by atomic mass is 16.6. The molecule has 1 aromatic heterocycles. The lowest BCUT2D eigenvalue weighted by atomic mass is 9.82. The van der Waals surface area contributed by atoms with E-state index in [1.54, 1.807) is 7.05 Å². The number of aromatic nitrogens is 2. The van der Waals surface area contributed by atoms with E-state index in [1.165, 1.54) is 31.9 Å². The van der Waals surface area contributed by atoms with Crippen LogP contribution in [0.25, 0.3) is 0 Å². The van der Waals surface area contributed by atoms with Gasteiger partial charge in [-0.15, -0.1) is 0 Å². The molecule has 1 fully saturated rings. The van der Waals surface area contributed by atoms with Crippen molar-refractivity contribution in [3.05, 3.63) is 16.3 Å². The van der Waals surface area contributed by atoms with Crippen LogP contribution >= 0.6 is 0 Å². The molecular weight excluding hydrogens is 258 g/mol. The summed E-state index contributed by atoms with van der Waals surface area (Å²) in [4.78, 5) is 18.6. The first-order valence-electron chi connectivity index (χ1n) is 7.03. The standard InChI is InChI=1S/C13H21N5O2/c1-9-4-3-5-10(6-9)7-15-12-11(18(19)20)8-16-13(14-2)17-12/h8-10H,3-7H2,1-2H3,(H2,14,15,16,17). The molecule has 1 saturated carbocycles. The summed E-state index contributed by atoms with van der Waals surface area (Å²) < 4.78 is 0. The Balaban J connectivity index is 2.05. The Morgan fingerprint density at radius 1 is 1.50 bits per heavy atom. The molecule has 2 atom stereocenters. The van der Waals surface area contributed by atoms with Crippen molar-refractivity contribution < 1.29 is 4.92 Å². The predicted molar refractivity (Wildman–Crippen MR) is 77.8 cm³/mol. The zero-order valence-corrected chi connectivity index (χ0v) is 11.9. The van der Waals surface area contributed by atoms with Crippen molar-refractivity contribution in [2.45, 2.75) is 32.6 Å². The summed E-state index contributed by atoms with van der Waals surface area (Å²) in [7, 11) is 1.69. The number of nitro groups is 1. The summed E-state index contributed by atoms with van der Waals surface area (Å²) in [5.41, 5.74) is -0.0761. The van der Waals surface area contributed by atoms with Crippen LogP contribution in [-0.4, -0.2) is 28.5 Å². The Hall–Kier alpha value is -1.92. The monoisotopic (exact) mass is 279 g/mol. The van der Waals surface area contributed by atoms with E-state index in [0.717, 1.165) is 12.5 Å². The van der Waals surface area contributed by atoms with Gasteiger partial charge in [-0.05, 0) is 24.7 Å². The summed E-state index contributed by atoms with van der Waals surface area (Å²) >= 11 is 0. The van der Waals surface area contributed by atoms with Crippen LogP contribution in [0.1, 0.15) is 32.6 Å². The van der Waals surface area contributed by atoms with Gasteiger partial charge in [0.2, 0.25) is 11.8 Å². The van der Waals surface area contributed by atoms with Crippen LogP contribution < -0.4 is 10.6 Å². The first-order valence-corrected chi connectivity index (χ1v) is 7.03. The maximum atomic E-state index is 11.0. The second-order valence-corrected chi connectivity index (χ2v) is 5.45. The third-order valence-corrected chi connectivity index (χ3v) is 3.79. The Bertz CT molecular complexity index is 480. The SMILES string of the molecule is CNc1ncc([N+](=O)[O-])c(NCC2CCCC(C)C2)n1. The number of hydrogen-bond donors (Lipinski definition) is 2. The fourth-order valence-electron chi connectivity index (χ4n) is 2.75. The number of hydrogen-bond acceptors (Lipinski definition) is 6. The lowest BCUT2D eigenvalue weighted by Gasteiger charge is -2.26. The molecule has 0 saturated heterocycles. The molecule has 0 spiro atoms. The van der Waals surface area contributed by atoms with Gasteiger partial charge in [-0.3, -0.25) is 10.1 Å². The Kier molecular flexibility index (Phi) is 4.70. The van der Waals surface area contributed by atoms with E-state index in [1.807, 2.05) is 0 Å². The van der Waals surface area contributed by atoms with Gasteiger partial charge in [0.25, 0.3) is 0 Å². The van der Waals surface area contributed by atoms with Crippen molar-refractivity contribution in [3.63, 3.8) is 0 Å². The lowest BCUT2D eigenvalue weighted by Crippen LogP contribution is -2.22. The van der Waals surface area contributed by atoms with Crippen molar-refractivity contribution in [1.29, 1.82) is 0 Å². The van der Waals surface area contributed by atoms with Crippen LogP contribution in [0.2, 0.25) is 0 Å². The van der Waals surface area contributed by atoms with Gasteiger partial charge in [-0.25, -0.2) is 4.98 Å². The molecular formula is C13H21N5O2. The van der Waals surface area contributed by atoms with Crippen LogP contribution in [-0.2, 0) is 0 Å². The first-order chi connectivity index (χ1) is 9.60. The molecule has 0 radical (unpaired) electrons. The molecule has 0 aliphatic heterocycles. The van der Waals surface area contributed by atoms with Crippen LogP contribution in [0.5, 0.6) is 0 Å². The summed E-state index contributed by atoms with van der Waals surface area (Å²) in [6.07, 6.45) is 6.11. The molecule has 1 aliphatic carbocycles. The summed E-state index contributed by atoms with van der Waals surface area (Å²) in [5.74, 6) is 1.98. The lowest BCUT2D eigenvalue weighted by molar-refractivity contribution is -0.384. The minimum absolute atomic E-state index is 0.0761. The molecule has 0 aromatic carbocycles. The second kappa shape index (κ2) is 6.49. The summed E-state index contributed by atoms with van der Waals surface area (Å²) in [6.45, 7) is 2.99. The maximum absolute atomic E-state index is 11.0. The summed E-state index contributed by atoms with van der Waals surface area (Å²) in [6, 6.07) is 0. The van der Waals surface area contributed by atoms with Gasteiger partial charge in [0.15, 0.2) is 0 Å². The van der Waals surface area contributed by atoms with Crippen molar-refractivity contribution in [3.8, 4) is 0 Å². The van der Waals surface area contributed by atoms with Gasteiger partial charge < -0.3 is 10.6 Å². The zero-order chi connectivity index (χ0) is 14.5. The van der Waals surface area contributed by atoms with Gasteiger partial charge in [0, 0.05) is 13.6 Å². The van der Waals surface area contributed by atoms with Gasteiger partial charge in [-0.1, -0.05) is 19.8 Å². The van der Waals surface area contributed by atoms with Crippen molar-refractivity contribution >= 4 is 17.5 Å².